The number of amides is 1. The molecule has 3 aromatic carbocycles. The molecular weight excluding hydrogens is 336 g/mol. The zero-order valence-corrected chi connectivity index (χ0v) is 15.2. The topological polar surface area (TPSA) is 46.3 Å². The predicted molar refractivity (Wildman–Crippen MR) is 106 cm³/mol. The van der Waals surface area contributed by atoms with E-state index in [4.69, 9.17) is 4.42 Å². The van der Waals surface area contributed by atoms with Gasteiger partial charge in [-0.3, -0.25) is 4.79 Å². The lowest BCUT2D eigenvalue weighted by Gasteiger charge is -2.16. The molecule has 0 saturated heterocycles. The van der Waals surface area contributed by atoms with Gasteiger partial charge in [-0.05, 0) is 55.3 Å². The highest BCUT2D eigenvalue weighted by Gasteiger charge is 2.28. The van der Waals surface area contributed by atoms with Gasteiger partial charge in [0.2, 0.25) is 5.89 Å². The minimum atomic E-state index is 0.0340. The Morgan fingerprint density at radius 1 is 1.00 bits per heavy atom. The van der Waals surface area contributed by atoms with E-state index < -0.39 is 0 Å². The molecule has 0 spiro atoms. The number of fused-ring (bicyclic) bond motifs is 2. The Kier molecular flexibility index (Phi) is 3.41. The van der Waals surface area contributed by atoms with Gasteiger partial charge >= 0.3 is 0 Å². The molecule has 0 N–H and O–H groups in total. The summed E-state index contributed by atoms with van der Waals surface area (Å²) >= 11 is 0. The molecule has 0 saturated carbocycles. The molecule has 4 aromatic rings. The zero-order valence-electron chi connectivity index (χ0n) is 15.2. The molecule has 0 atom stereocenters. The fourth-order valence-corrected chi connectivity index (χ4v) is 3.70. The minimum Gasteiger partial charge on any atom is -0.436 e. The van der Waals surface area contributed by atoms with Gasteiger partial charge in [0.1, 0.15) is 5.52 Å². The molecule has 4 heteroatoms. The number of oxazole rings is 1. The van der Waals surface area contributed by atoms with Crippen LogP contribution in [0.5, 0.6) is 0 Å². The van der Waals surface area contributed by atoms with Gasteiger partial charge in [0, 0.05) is 16.8 Å². The Morgan fingerprint density at radius 3 is 2.67 bits per heavy atom. The van der Waals surface area contributed by atoms with Gasteiger partial charge in [0.25, 0.3) is 5.91 Å². The van der Waals surface area contributed by atoms with Gasteiger partial charge in [-0.25, -0.2) is 4.98 Å². The van der Waals surface area contributed by atoms with E-state index in [2.05, 4.69) is 11.1 Å². The third-order valence-corrected chi connectivity index (χ3v) is 5.06. The van der Waals surface area contributed by atoms with E-state index in [1.165, 1.54) is 0 Å². The van der Waals surface area contributed by atoms with Gasteiger partial charge in [-0.2, -0.15) is 0 Å². The summed E-state index contributed by atoms with van der Waals surface area (Å²) in [5.74, 6) is 0.636. The third kappa shape index (κ3) is 2.53. The first-order valence-corrected chi connectivity index (χ1v) is 8.98. The van der Waals surface area contributed by atoms with Crippen LogP contribution in [0, 0.1) is 13.8 Å². The number of carbonyl (C=O) groups excluding carboxylic acids is 1. The normalized spacial score (nSPS) is 13.4. The van der Waals surface area contributed by atoms with Crippen LogP contribution in [0.1, 0.15) is 27.0 Å². The van der Waals surface area contributed by atoms with Crippen molar-refractivity contribution in [3.63, 3.8) is 0 Å². The third-order valence-electron chi connectivity index (χ3n) is 5.06. The highest BCUT2D eigenvalue weighted by atomic mass is 16.3. The van der Waals surface area contributed by atoms with E-state index in [1.807, 2.05) is 68.4 Å². The molecule has 1 amide bonds. The highest BCUT2D eigenvalue weighted by molar-refractivity contribution is 6.10. The van der Waals surface area contributed by atoms with Crippen LogP contribution >= 0.6 is 0 Å². The number of aryl methyl sites for hydroxylation is 2. The fraction of sp³-hybridized carbons (Fsp3) is 0.130. The van der Waals surface area contributed by atoms with E-state index >= 15 is 0 Å². The van der Waals surface area contributed by atoms with Gasteiger partial charge in [0.05, 0.1) is 6.54 Å². The van der Waals surface area contributed by atoms with Crippen molar-refractivity contribution in [3.8, 4) is 11.5 Å². The molecule has 2 heterocycles. The Labute approximate surface area is 157 Å². The molecule has 1 aliphatic heterocycles. The molecule has 1 aliphatic rings. The first kappa shape index (κ1) is 15.8. The summed E-state index contributed by atoms with van der Waals surface area (Å²) in [7, 11) is 0. The lowest BCUT2D eigenvalue weighted by atomic mass is 10.1. The lowest BCUT2D eigenvalue weighted by molar-refractivity contribution is 0.0996. The van der Waals surface area contributed by atoms with Crippen molar-refractivity contribution >= 4 is 22.7 Å². The van der Waals surface area contributed by atoms with Gasteiger partial charge in [-0.1, -0.05) is 35.9 Å². The van der Waals surface area contributed by atoms with Crippen LogP contribution in [0.3, 0.4) is 0 Å². The second kappa shape index (κ2) is 5.81. The largest absolute Gasteiger partial charge is 0.436 e. The number of rotatable bonds is 2. The summed E-state index contributed by atoms with van der Waals surface area (Å²) in [5.41, 5.74) is 7.30. The number of anilines is 1. The number of nitrogens with zero attached hydrogens (tertiary/aromatic N) is 2. The summed E-state index contributed by atoms with van der Waals surface area (Å²) < 4.78 is 6.03. The predicted octanol–water partition coefficient (Wildman–Crippen LogP) is 5.27. The Bertz CT molecular complexity index is 1210. The Morgan fingerprint density at radius 2 is 1.85 bits per heavy atom. The van der Waals surface area contributed by atoms with Gasteiger partial charge in [0.15, 0.2) is 5.58 Å². The maximum atomic E-state index is 12.8. The smallest absolute Gasteiger partial charge is 0.258 e. The van der Waals surface area contributed by atoms with Crippen LogP contribution in [-0.4, -0.2) is 10.9 Å². The van der Waals surface area contributed by atoms with E-state index in [9.17, 15) is 4.79 Å². The minimum absolute atomic E-state index is 0.0340. The molecular formula is C23H18N2O2. The standard InChI is InChI=1S/C23H18N2O2/c1-14-6-5-8-16(10-14)22-24-20-12-18(11-15(2)21(20)27-22)25-13-17-7-3-4-9-19(17)23(25)26/h3-12H,13H2,1-2H3. The molecule has 5 rings (SSSR count). The molecule has 4 nitrogen and oxygen atoms in total. The second-order valence-electron chi connectivity index (χ2n) is 7.05. The number of aromatic nitrogens is 1. The van der Waals surface area contributed by atoms with Crippen molar-refractivity contribution in [1.82, 2.24) is 4.98 Å². The monoisotopic (exact) mass is 354 g/mol. The Balaban J connectivity index is 1.59. The maximum absolute atomic E-state index is 12.8. The molecule has 1 aromatic heterocycles. The van der Waals surface area contributed by atoms with E-state index in [0.29, 0.717) is 12.4 Å². The number of hydrogen-bond acceptors (Lipinski definition) is 3. The van der Waals surface area contributed by atoms with Crippen LogP contribution < -0.4 is 4.90 Å². The molecule has 0 fully saturated rings. The van der Waals surface area contributed by atoms with Crippen LogP contribution in [0.25, 0.3) is 22.6 Å². The first-order valence-electron chi connectivity index (χ1n) is 8.98. The second-order valence-corrected chi connectivity index (χ2v) is 7.05. The summed E-state index contributed by atoms with van der Waals surface area (Å²) in [5, 5.41) is 0. The van der Waals surface area contributed by atoms with Crippen LogP contribution in [-0.2, 0) is 6.54 Å². The molecule has 0 radical (unpaired) electrons. The molecule has 0 bridgehead atoms. The maximum Gasteiger partial charge on any atom is 0.258 e. The first-order chi connectivity index (χ1) is 13.1. The quantitative estimate of drug-likeness (QED) is 0.492. The summed E-state index contributed by atoms with van der Waals surface area (Å²) in [6.45, 7) is 4.62. The SMILES string of the molecule is Cc1cccc(-c2nc3cc(N4Cc5ccccc5C4=O)cc(C)c3o2)c1. The lowest BCUT2D eigenvalue weighted by Crippen LogP contribution is -2.23. The van der Waals surface area contributed by atoms with Crippen molar-refractivity contribution < 1.29 is 9.21 Å². The van der Waals surface area contributed by atoms with Crippen LogP contribution in [0.15, 0.2) is 65.1 Å². The molecule has 0 aliphatic carbocycles. The summed E-state index contributed by atoms with van der Waals surface area (Å²) in [4.78, 5) is 19.3. The number of carbonyl (C=O) groups is 1. The van der Waals surface area contributed by atoms with Crippen LogP contribution in [0.4, 0.5) is 5.69 Å². The van der Waals surface area contributed by atoms with Gasteiger partial charge < -0.3 is 9.32 Å². The highest BCUT2D eigenvalue weighted by Crippen LogP contribution is 2.34. The van der Waals surface area contributed by atoms with Gasteiger partial charge in [-0.15, -0.1) is 0 Å². The van der Waals surface area contributed by atoms with E-state index in [1.54, 1.807) is 4.90 Å². The summed E-state index contributed by atoms with van der Waals surface area (Å²) in [6.07, 6.45) is 0. The van der Waals surface area contributed by atoms with Crippen molar-refractivity contribution in [3.05, 3.63) is 82.9 Å². The van der Waals surface area contributed by atoms with Crippen molar-refractivity contribution in [2.75, 3.05) is 4.90 Å². The average molecular weight is 354 g/mol. The van der Waals surface area contributed by atoms with Crippen molar-refractivity contribution in [2.24, 2.45) is 0 Å². The van der Waals surface area contributed by atoms with Crippen molar-refractivity contribution in [1.29, 1.82) is 0 Å². The number of benzene rings is 3. The number of hydrogen-bond donors (Lipinski definition) is 0. The summed E-state index contributed by atoms with van der Waals surface area (Å²) in [6, 6.07) is 19.8. The van der Waals surface area contributed by atoms with E-state index in [0.717, 1.165) is 44.6 Å². The zero-order chi connectivity index (χ0) is 18.5. The Hall–Kier alpha value is -3.40. The van der Waals surface area contributed by atoms with Crippen molar-refractivity contribution in [2.45, 2.75) is 20.4 Å². The van der Waals surface area contributed by atoms with E-state index in [-0.39, 0.29) is 5.91 Å². The molecule has 132 valence electrons. The van der Waals surface area contributed by atoms with Crippen LogP contribution in [0.2, 0.25) is 0 Å². The average Bonchev–Trinajstić information content (AvgIpc) is 3.24. The molecule has 27 heavy (non-hydrogen) atoms. The molecule has 0 unspecified atom stereocenters. The fourth-order valence-electron chi connectivity index (χ4n) is 3.70.